The first-order valence-corrected chi connectivity index (χ1v) is 5.25. The monoisotopic (exact) mass is 250 g/mol. The lowest BCUT2D eigenvalue weighted by Gasteiger charge is -2.05. The van der Waals surface area contributed by atoms with E-state index >= 15 is 0 Å². The largest absolute Gasteiger partial charge is 0.478 e. The standard InChI is InChI=1S/C13H8ClFO2/c14-11-6-5-8(7-10(11)13(16)17)9-3-1-2-4-12(9)15/h1-7H,(H,16,17). The molecule has 0 saturated heterocycles. The molecule has 0 saturated carbocycles. The van der Waals surface area contributed by atoms with Crippen LogP contribution < -0.4 is 0 Å². The van der Waals surface area contributed by atoms with Gasteiger partial charge < -0.3 is 5.11 Å². The van der Waals surface area contributed by atoms with Crippen molar-refractivity contribution >= 4 is 17.6 Å². The van der Waals surface area contributed by atoms with Gasteiger partial charge in [-0.05, 0) is 23.8 Å². The quantitative estimate of drug-likeness (QED) is 0.879. The summed E-state index contributed by atoms with van der Waals surface area (Å²) >= 11 is 5.74. The lowest BCUT2D eigenvalue weighted by atomic mass is 10.0. The molecule has 0 aliphatic carbocycles. The highest BCUT2D eigenvalue weighted by molar-refractivity contribution is 6.33. The fourth-order valence-electron chi connectivity index (χ4n) is 1.55. The molecule has 4 heteroatoms. The Balaban J connectivity index is 2.58. The minimum absolute atomic E-state index is 0.0348. The number of hydrogen-bond acceptors (Lipinski definition) is 1. The first kappa shape index (κ1) is 11.6. The molecular formula is C13H8ClFO2. The summed E-state index contributed by atoms with van der Waals surface area (Å²) in [6, 6.07) is 10.6. The SMILES string of the molecule is O=C(O)c1cc(-c2ccccc2F)ccc1Cl. The van der Waals surface area contributed by atoms with Crippen molar-refractivity contribution in [2.45, 2.75) is 0 Å². The number of carboxylic acids is 1. The van der Waals surface area contributed by atoms with Crippen LogP contribution in [-0.4, -0.2) is 11.1 Å². The summed E-state index contributed by atoms with van der Waals surface area (Å²) in [4.78, 5) is 10.9. The van der Waals surface area contributed by atoms with Gasteiger partial charge >= 0.3 is 5.97 Å². The number of carbonyl (C=O) groups is 1. The van der Waals surface area contributed by atoms with Gasteiger partial charge in [0.2, 0.25) is 0 Å². The van der Waals surface area contributed by atoms with E-state index in [1.165, 1.54) is 18.2 Å². The number of rotatable bonds is 2. The van der Waals surface area contributed by atoms with Crippen LogP contribution in [0.15, 0.2) is 42.5 Å². The van der Waals surface area contributed by atoms with Crippen molar-refractivity contribution in [2.24, 2.45) is 0 Å². The molecule has 0 amide bonds. The molecule has 0 aromatic heterocycles. The zero-order chi connectivity index (χ0) is 12.4. The smallest absolute Gasteiger partial charge is 0.337 e. The normalized spacial score (nSPS) is 10.2. The number of hydrogen-bond donors (Lipinski definition) is 1. The summed E-state index contributed by atoms with van der Waals surface area (Å²) in [5.74, 6) is -1.53. The number of halogens is 2. The molecule has 0 aliphatic heterocycles. The van der Waals surface area contributed by atoms with Crippen LogP contribution in [0, 0.1) is 5.82 Å². The van der Waals surface area contributed by atoms with Crippen molar-refractivity contribution in [3.05, 3.63) is 58.9 Å². The van der Waals surface area contributed by atoms with E-state index in [0.29, 0.717) is 11.1 Å². The predicted molar refractivity (Wildman–Crippen MR) is 63.8 cm³/mol. The molecular weight excluding hydrogens is 243 g/mol. The fourth-order valence-corrected chi connectivity index (χ4v) is 1.75. The topological polar surface area (TPSA) is 37.3 Å². The van der Waals surface area contributed by atoms with E-state index in [1.807, 2.05) is 0 Å². The summed E-state index contributed by atoms with van der Waals surface area (Å²) in [6.45, 7) is 0. The molecule has 0 aliphatic rings. The Morgan fingerprint density at radius 3 is 2.53 bits per heavy atom. The summed E-state index contributed by atoms with van der Waals surface area (Å²) in [6.07, 6.45) is 0. The molecule has 2 aromatic rings. The third kappa shape index (κ3) is 2.29. The zero-order valence-electron chi connectivity index (χ0n) is 8.65. The van der Waals surface area contributed by atoms with Crippen LogP contribution in [0.25, 0.3) is 11.1 Å². The van der Waals surface area contributed by atoms with Gasteiger partial charge in [0, 0.05) is 5.56 Å². The van der Waals surface area contributed by atoms with E-state index in [4.69, 9.17) is 16.7 Å². The predicted octanol–water partition coefficient (Wildman–Crippen LogP) is 3.84. The van der Waals surface area contributed by atoms with E-state index in [-0.39, 0.29) is 10.6 Å². The highest BCUT2D eigenvalue weighted by atomic mass is 35.5. The van der Waals surface area contributed by atoms with Crippen LogP contribution in [0.3, 0.4) is 0 Å². The van der Waals surface area contributed by atoms with Gasteiger partial charge in [-0.25, -0.2) is 9.18 Å². The summed E-state index contributed by atoms with van der Waals surface area (Å²) < 4.78 is 13.5. The Kier molecular flexibility index (Phi) is 3.11. The Morgan fingerprint density at radius 2 is 1.88 bits per heavy atom. The van der Waals surface area contributed by atoms with Gasteiger partial charge in [0.15, 0.2) is 0 Å². The highest BCUT2D eigenvalue weighted by Gasteiger charge is 2.11. The maximum atomic E-state index is 13.5. The van der Waals surface area contributed by atoms with Gasteiger partial charge in [0.05, 0.1) is 10.6 Å². The lowest BCUT2D eigenvalue weighted by molar-refractivity contribution is 0.0697. The van der Waals surface area contributed by atoms with Crippen LogP contribution in [0.2, 0.25) is 5.02 Å². The van der Waals surface area contributed by atoms with Gasteiger partial charge in [0.1, 0.15) is 5.82 Å². The number of carboxylic acid groups (broad SMARTS) is 1. The van der Waals surface area contributed by atoms with Crippen LogP contribution in [0.1, 0.15) is 10.4 Å². The molecule has 2 aromatic carbocycles. The average molecular weight is 251 g/mol. The van der Waals surface area contributed by atoms with Gasteiger partial charge in [-0.3, -0.25) is 0 Å². The van der Waals surface area contributed by atoms with Crippen molar-refractivity contribution in [2.75, 3.05) is 0 Å². The molecule has 0 unspecified atom stereocenters. The second-order valence-corrected chi connectivity index (χ2v) is 3.89. The van der Waals surface area contributed by atoms with E-state index in [9.17, 15) is 9.18 Å². The number of benzene rings is 2. The van der Waals surface area contributed by atoms with Crippen LogP contribution >= 0.6 is 11.6 Å². The van der Waals surface area contributed by atoms with Crippen molar-refractivity contribution < 1.29 is 14.3 Å². The third-order valence-electron chi connectivity index (χ3n) is 2.38. The van der Waals surface area contributed by atoms with E-state index in [2.05, 4.69) is 0 Å². The van der Waals surface area contributed by atoms with E-state index in [0.717, 1.165) is 0 Å². The first-order chi connectivity index (χ1) is 8.09. The van der Waals surface area contributed by atoms with Gasteiger partial charge in [-0.15, -0.1) is 0 Å². The Hall–Kier alpha value is -1.87. The van der Waals surface area contributed by atoms with Crippen molar-refractivity contribution in [3.63, 3.8) is 0 Å². The molecule has 17 heavy (non-hydrogen) atoms. The molecule has 2 nitrogen and oxygen atoms in total. The molecule has 0 bridgehead atoms. The maximum Gasteiger partial charge on any atom is 0.337 e. The molecule has 0 heterocycles. The van der Waals surface area contributed by atoms with Crippen LogP contribution in [-0.2, 0) is 0 Å². The maximum absolute atomic E-state index is 13.5. The molecule has 86 valence electrons. The Labute approximate surface area is 102 Å². The molecule has 0 spiro atoms. The first-order valence-electron chi connectivity index (χ1n) is 4.87. The molecule has 0 fully saturated rings. The van der Waals surface area contributed by atoms with Crippen LogP contribution in [0.5, 0.6) is 0 Å². The highest BCUT2D eigenvalue weighted by Crippen LogP contribution is 2.27. The minimum atomic E-state index is -1.13. The fraction of sp³-hybridized carbons (Fsp3) is 0. The van der Waals surface area contributed by atoms with Crippen molar-refractivity contribution in [1.29, 1.82) is 0 Å². The zero-order valence-corrected chi connectivity index (χ0v) is 9.41. The lowest BCUT2D eigenvalue weighted by Crippen LogP contribution is -1.98. The summed E-state index contributed by atoms with van der Waals surface area (Å²) in [5.41, 5.74) is 0.809. The van der Waals surface area contributed by atoms with Gasteiger partial charge in [-0.1, -0.05) is 35.9 Å². The van der Waals surface area contributed by atoms with Gasteiger partial charge in [0.25, 0.3) is 0 Å². The van der Waals surface area contributed by atoms with E-state index in [1.54, 1.807) is 24.3 Å². The van der Waals surface area contributed by atoms with Crippen molar-refractivity contribution in [3.8, 4) is 11.1 Å². The summed E-state index contributed by atoms with van der Waals surface area (Å²) in [7, 11) is 0. The van der Waals surface area contributed by atoms with E-state index < -0.39 is 11.8 Å². The second kappa shape index (κ2) is 4.55. The molecule has 0 radical (unpaired) electrons. The third-order valence-corrected chi connectivity index (χ3v) is 2.71. The molecule has 1 N–H and O–H groups in total. The average Bonchev–Trinajstić information content (AvgIpc) is 2.30. The number of aromatic carboxylic acids is 1. The van der Waals surface area contributed by atoms with Gasteiger partial charge in [-0.2, -0.15) is 0 Å². The second-order valence-electron chi connectivity index (χ2n) is 3.48. The Morgan fingerprint density at radius 1 is 1.18 bits per heavy atom. The summed E-state index contributed by atoms with van der Waals surface area (Å²) in [5, 5.41) is 9.06. The molecule has 2 rings (SSSR count). The van der Waals surface area contributed by atoms with Crippen LogP contribution in [0.4, 0.5) is 4.39 Å². The van der Waals surface area contributed by atoms with Crippen molar-refractivity contribution in [1.82, 2.24) is 0 Å². The molecule has 0 atom stereocenters. The minimum Gasteiger partial charge on any atom is -0.478 e. The Bertz CT molecular complexity index is 581.